The molecule has 0 atom stereocenters. The number of carbonyl (C=O) groups is 1. The first-order valence-corrected chi connectivity index (χ1v) is 8.37. The molecule has 6 nitrogen and oxygen atoms in total. The first-order chi connectivity index (χ1) is 11.0. The third-order valence-corrected chi connectivity index (χ3v) is 4.16. The summed E-state index contributed by atoms with van der Waals surface area (Å²) in [6.45, 7) is 6.78. The fourth-order valence-corrected chi connectivity index (χ4v) is 2.82. The number of fused-ring (bicyclic) bond motifs is 1. The standard InChI is InChI=1S/C17H26N4O2/c1-4-5-6-7-10-18-16(22)9-8-14-12(2)19-15-11-17(23)20-21(15)13(14)3/h11H,4-10H2,1-3H3,(H,18,22)(H,20,23). The third-order valence-electron chi connectivity index (χ3n) is 4.16. The fourth-order valence-electron chi connectivity index (χ4n) is 2.82. The molecule has 0 aliphatic rings. The molecular formula is C17H26N4O2. The van der Waals surface area contributed by atoms with Gasteiger partial charge in [0.25, 0.3) is 5.56 Å². The normalized spacial score (nSPS) is 11.1. The summed E-state index contributed by atoms with van der Waals surface area (Å²) in [5, 5.41) is 5.70. The van der Waals surface area contributed by atoms with E-state index in [1.165, 1.54) is 18.9 Å². The Balaban J connectivity index is 1.94. The number of aromatic amines is 1. The van der Waals surface area contributed by atoms with Gasteiger partial charge in [-0.3, -0.25) is 14.7 Å². The van der Waals surface area contributed by atoms with Crippen LogP contribution < -0.4 is 10.9 Å². The lowest BCUT2D eigenvalue weighted by molar-refractivity contribution is -0.121. The molecule has 2 aromatic heterocycles. The monoisotopic (exact) mass is 318 g/mol. The molecule has 0 unspecified atom stereocenters. The molecule has 0 saturated heterocycles. The molecule has 0 aliphatic carbocycles. The molecule has 2 aromatic rings. The van der Waals surface area contributed by atoms with Crippen LogP contribution in [0.4, 0.5) is 0 Å². The van der Waals surface area contributed by atoms with Crippen molar-refractivity contribution in [2.24, 2.45) is 0 Å². The molecule has 126 valence electrons. The minimum absolute atomic E-state index is 0.0707. The van der Waals surface area contributed by atoms with Gasteiger partial charge in [0.1, 0.15) is 0 Å². The van der Waals surface area contributed by atoms with Gasteiger partial charge in [0, 0.05) is 30.4 Å². The highest BCUT2D eigenvalue weighted by Gasteiger charge is 2.12. The second-order valence-electron chi connectivity index (χ2n) is 5.99. The molecule has 0 fully saturated rings. The van der Waals surface area contributed by atoms with Gasteiger partial charge in [-0.2, -0.15) is 0 Å². The van der Waals surface area contributed by atoms with Crippen LogP contribution >= 0.6 is 0 Å². The van der Waals surface area contributed by atoms with Gasteiger partial charge in [-0.05, 0) is 32.3 Å². The number of nitrogens with zero attached hydrogens (tertiary/aromatic N) is 2. The second-order valence-corrected chi connectivity index (χ2v) is 5.99. The Hall–Kier alpha value is -2.11. The van der Waals surface area contributed by atoms with Crippen molar-refractivity contribution in [3.63, 3.8) is 0 Å². The van der Waals surface area contributed by atoms with E-state index in [4.69, 9.17) is 0 Å². The summed E-state index contributed by atoms with van der Waals surface area (Å²) in [6.07, 6.45) is 5.68. The smallest absolute Gasteiger partial charge is 0.266 e. The first-order valence-electron chi connectivity index (χ1n) is 8.37. The lowest BCUT2D eigenvalue weighted by Crippen LogP contribution is -2.25. The summed E-state index contributed by atoms with van der Waals surface area (Å²) >= 11 is 0. The number of unbranched alkanes of at least 4 members (excludes halogenated alkanes) is 3. The predicted molar refractivity (Wildman–Crippen MR) is 90.8 cm³/mol. The SMILES string of the molecule is CCCCCCNC(=O)CCc1c(C)nc2cc(=O)[nH]n2c1C. The zero-order chi connectivity index (χ0) is 16.8. The van der Waals surface area contributed by atoms with E-state index in [1.54, 1.807) is 4.52 Å². The average molecular weight is 318 g/mol. The zero-order valence-electron chi connectivity index (χ0n) is 14.2. The molecule has 0 aliphatic heterocycles. The van der Waals surface area contributed by atoms with Gasteiger partial charge in [-0.25, -0.2) is 9.50 Å². The van der Waals surface area contributed by atoms with Gasteiger partial charge in [0.05, 0.1) is 0 Å². The Morgan fingerprint density at radius 1 is 1.30 bits per heavy atom. The number of hydrogen-bond acceptors (Lipinski definition) is 3. The average Bonchev–Trinajstić information content (AvgIpc) is 2.87. The number of nitrogens with one attached hydrogen (secondary N) is 2. The van der Waals surface area contributed by atoms with Crippen molar-refractivity contribution in [1.29, 1.82) is 0 Å². The second kappa shape index (κ2) is 7.94. The van der Waals surface area contributed by atoms with Gasteiger partial charge < -0.3 is 5.32 Å². The van der Waals surface area contributed by atoms with Gasteiger partial charge in [0.15, 0.2) is 5.65 Å². The van der Waals surface area contributed by atoms with Crippen LogP contribution in [0.1, 0.15) is 56.0 Å². The van der Waals surface area contributed by atoms with Crippen LogP contribution in [0.5, 0.6) is 0 Å². The van der Waals surface area contributed by atoms with Gasteiger partial charge in [0.2, 0.25) is 5.91 Å². The molecule has 2 N–H and O–H groups in total. The molecule has 23 heavy (non-hydrogen) atoms. The number of carbonyl (C=O) groups excluding carboxylic acids is 1. The van der Waals surface area contributed by atoms with E-state index in [1.807, 2.05) is 13.8 Å². The van der Waals surface area contributed by atoms with Crippen molar-refractivity contribution >= 4 is 11.6 Å². The van der Waals surface area contributed by atoms with E-state index in [2.05, 4.69) is 22.3 Å². The van der Waals surface area contributed by atoms with Crippen molar-refractivity contribution in [2.75, 3.05) is 6.54 Å². The Labute approximate surface area is 136 Å². The summed E-state index contributed by atoms with van der Waals surface area (Å²) < 4.78 is 1.69. The molecule has 0 aromatic carbocycles. The molecule has 0 radical (unpaired) electrons. The van der Waals surface area contributed by atoms with E-state index >= 15 is 0 Å². The van der Waals surface area contributed by atoms with Crippen LogP contribution in [0.2, 0.25) is 0 Å². The lowest BCUT2D eigenvalue weighted by atomic mass is 10.1. The number of H-pyrrole nitrogens is 1. The van der Waals surface area contributed by atoms with Gasteiger partial charge in [-0.15, -0.1) is 0 Å². The number of rotatable bonds is 8. The van der Waals surface area contributed by atoms with Crippen LogP contribution in [-0.4, -0.2) is 27.0 Å². The lowest BCUT2D eigenvalue weighted by Gasteiger charge is -2.11. The van der Waals surface area contributed by atoms with Crippen molar-refractivity contribution < 1.29 is 4.79 Å². The molecule has 0 spiro atoms. The van der Waals surface area contributed by atoms with Gasteiger partial charge in [-0.1, -0.05) is 26.2 Å². The topological polar surface area (TPSA) is 79.3 Å². The summed E-state index contributed by atoms with van der Waals surface area (Å²) in [4.78, 5) is 27.8. The molecule has 2 rings (SSSR count). The maximum atomic E-state index is 11.9. The predicted octanol–water partition coefficient (Wildman–Crippen LogP) is 2.27. The number of aromatic nitrogens is 3. The highest BCUT2D eigenvalue weighted by molar-refractivity contribution is 5.76. The minimum Gasteiger partial charge on any atom is -0.356 e. The molecular weight excluding hydrogens is 292 g/mol. The van der Waals surface area contributed by atoms with E-state index in [0.29, 0.717) is 18.5 Å². The Morgan fingerprint density at radius 2 is 2.09 bits per heavy atom. The summed E-state index contributed by atoms with van der Waals surface area (Å²) in [5.74, 6) is 0.0707. The van der Waals surface area contributed by atoms with Crippen molar-refractivity contribution in [1.82, 2.24) is 19.9 Å². The Kier molecular flexibility index (Phi) is 5.96. The number of aryl methyl sites for hydroxylation is 2. The maximum absolute atomic E-state index is 11.9. The highest BCUT2D eigenvalue weighted by atomic mass is 16.1. The first kappa shape index (κ1) is 17.2. The van der Waals surface area contributed by atoms with E-state index in [0.717, 1.165) is 36.3 Å². The number of hydrogen-bond donors (Lipinski definition) is 2. The highest BCUT2D eigenvalue weighted by Crippen LogP contribution is 2.15. The van der Waals surface area contributed by atoms with Gasteiger partial charge >= 0.3 is 0 Å². The van der Waals surface area contributed by atoms with Crippen molar-refractivity contribution in [3.05, 3.63) is 33.4 Å². The zero-order valence-corrected chi connectivity index (χ0v) is 14.2. The largest absolute Gasteiger partial charge is 0.356 e. The fraction of sp³-hybridized carbons (Fsp3) is 0.588. The summed E-state index contributed by atoms with van der Waals surface area (Å²) in [5.41, 5.74) is 3.28. The molecule has 0 bridgehead atoms. The van der Waals surface area contributed by atoms with Crippen LogP contribution in [0.25, 0.3) is 5.65 Å². The Bertz CT molecular complexity index is 730. The minimum atomic E-state index is -0.165. The quantitative estimate of drug-likeness (QED) is 0.733. The molecule has 2 heterocycles. The van der Waals surface area contributed by atoms with Crippen LogP contribution in [0.3, 0.4) is 0 Å². The maximum Gasteiger partial charge on any atom is 0.266 e. The van der Waals surface area contributed by atoms with E-state index in [9.17, 15) is 9.59 Å². The van der Waals surface area contributed by atoms with E-state index in [-0.39, 0.29) is 11.5 Å². The number of amides is 1. The van der Waals surface area contributed by atoms with Crippen LogP contribution in [0.15, 0.2) is 10.9 Å². The third kappa shape index (κ3) is 4.43. The Morgan fingerprint density at radius 3 is 2.83 bits per heavy atom. The van der Waals surface area contributed by atoms with E-state index < -0.39 is 0 Å². The molecule has 1 amide bonds. The van der Waals surface area contributed by atoms with Crippen LogP contribution in [0, 0.1) is 13.8 Å². The van der Waals surface area contributed by atoms with Crippen molar-refractivity contribution in [3.8, 4) is 0 Å². The summed E-state index contributed by atoms with van der Waals surface area (Å²) in [7, 11) is 0. The van der Waals surface area contributed by atoms with Crippen LogP contribution in [-0.2, 0) is 11.2 Å². The van der Waals surface area contributed by atoms with Crippen molar-refractivity contribution in [2.45, 2.75) is 59.3 Å². The summed E-state index contributed by atoms with van der Waals surface area (Å²) in [6, 6.07) is 1.48. The molecule has 6 heteroatoms. The molecule has 0 saturated carbocycles.